The molecule has 0 aliphatic heterocycles. The highest BCUT2D eigenvalue weighted by atomic mass is 32.1. The van der Waals surface area contributed by atoms with Crippen molar-refractivity contribution in [2.75, 3.05) is 5.32 Å². The highest BCUT2D eigenvalue weighted by molar-refractivity contribution is 7.71. The van der Waals surface area contributed by atoms with E-state index in [1.165, 1.54) is 30.6 Å². The molecule has 4 fully saturated rings. The first kappa shape index (κ1) is 18.2. The van der Waals surface area contributed by atoms with Gasteiger partial charge in [0.15, 0.2) is 15.7 Å². The number of thiazole rings is 1. The largest absolute Gasteiger partial charge is 0.301 e. The van der Waals surface area contributed by atoms with Crippen LogP contribution in [0.3, 0.4) is 0 Å². The number of aromatic amines is 1. The Morgan fingerprint density at radius 1 is 1.36 bits per heavy atom. The molecule has 1 amide bonds. The summed E-state index contributed by atoms with van der Waals surface area (Å²) in [4.78, 5) is 18.8. The summed E-state index contributed by atoms with van der Waals surface area (Å²) in [5.74, 6) is 3.17. The number of hydrogen-bond donors (Lipinski definition) is 2. The van der Waals surface area contributed by atoms with E-state index >= 15 is 0 Å². The molecule has 6 rings (SSSR count). The fraction of sp³-hybridized carbons (Fsp3) is 0.600. The summed E-state index contributed by atoms with van der Waals surface area (Å²) in [7, 11) is 0. The maximum absolute atomic E-state index is 13.3. The molecule has 4 aliphatic rings. The topological polar surface area (TPSA) is 75.6 Å². The number of allylic oxidation sites excluding steroid dienone is 1. The highest BCUT2D eigenvalue weighted by Crippen LogP contribution is 2.60. The normalized spacial score (nSPS) is 30.5. The zero-order chi connectivity index (χ0) is 19.5. The third-order valence-electron chi connectivity index (χ3n) is 6.81. The third-order valence-corrected chi connectivity index (χ3v) is 8.19. The van der Waals surface area contributed by atoms with Crippen molar-refractivity contribution in [1.82, 2.24) is 19.7 Å². The SMILES string of the molecule is C=CCn1c(-c2sc(NC(=O)C34CC5CC(CC(C5)C3)C4)nc2C)n[nH]c1=S. The fourth-order valence-corrected chi connectivity index (χ4v) is 7.23. The first-order valence-electron chi connectivity index (χ1n) is 10.0. The number of amides is 1. The van der Waals surface area contributed by atoms with E-state index in [0.29, 0.717) is 16.4 Å². The molecular formula is C20H25N5OS2. The number of carbonyl (C=O) groups excluding carboxylic acids is 1. The molecule has 0 unspecified atom stereocenters. The lowest BCUT2D eigenvalue weighted by molar-refractivity contribution is -0.140. The van der Waals surface area contributed by atoms with Crippen LogP contribution in [-0.4, -0.2) is 25.7 Å². The lowest BCUT2D eigenvalue weighted by atomic mass is 9.49. The van der Waals surface area contributed by atoms with Crippen molar-refractivity contribution in [3.05, 3.63) is 23.1 Å². The van der Waals surface area contributed by atoms with Gasteiger partial charge in [0.25, 0.3) is 0 Å². The van der Waals surface area contributed by atoms with E-state index in [0.717, 1.165) is 53.4 Å². The van der Waals surface area contributed by atoms with Crippen molar-refractivity contribution in [3.63, 3.8) is 0 Å². The highest BCUT2D eigenvalue weighted by Gasteiger charge is 2.54. The Morgan fingerprint density at radius 2 is 2.00 bits per heavy atom. The summed E-state index contributed by atoms with van der Waals surface area (Å²) in [6.07, 6.45) is 8.96. The second-order valence-corrected chi connectivity index (χ2v) is 10.2. The van der Waals surface area contributed by atoms with Crippen LogP contribution in [0.25, 0.3) is 10.7 Å². The monoisotopic (exact) mass is 415 g/mol. The molecule has 4 aliphatic carbocycles. The Hall–Kier alpha value is -1.80. The summed E-state index contributed by atoms with van der Waals surface area (Å²) in [5, 5.41) is 11.0. The fourth-order valence-electron chi connectivity index (χ4n) is 6.07. The standard InChI is InChI=1S/C20H25N5OS2/c1-3-4-25-16(23-24-19(25)27)15-11(2)21-18(28-15)22-17(26)20-8-12-5-13(9-20)7-14(6-12)10-20/h3,12-14H,1,4-10H2,2H3,(H,24,27)(H,21,22,26). The second kappa shape index (κ2) is 6.62. The zero-order valence-corrected chi connectivity index (χ0v) is 17.7. The minimum absolute atomic E-state index is 0.169. The van der Waals surface area contributed by atoms with Gasteiger partial charge >= 0.3 is 0 Å². The second-order valence-electron chi connectivity index (χ2n) is 8.84. The quantitative estimate of drug-likeness (QED) is 0.548. The maximum atomic E-state index is 13.3. The Kier molecular flexibility index (Phi) is 4.32. The van der Waals surface area contributed by atoms with Gasteiger partial charge in [-0.1, -0.05) is 17.4 Å². The summed E-state index contributed by atoms with van der Waals surface area (Å²) >= 11 is 6.79. The van der Waals surface area contributed by atoms with E-state index in [9.17, 15) is 4.79 Å². The van der Waals surface area contributed by atoms with Gasteiger partial charge in [0.05, 0.1) is 16.0 Å². The van der Waals surface area contributed by atoms with Crippen molar-refractivity contribution in [1.29, 1.82) is 0 Å². The number of nitrogens with one attached hydrogen (secondary N) is 2. The van der Waals surface area contributed by atoms with Gasteiger partial charge in [-0.3, -0.25) is 14.5 Å². The van der Waals surface area contributed by atoms with E-state index < -0.39 is 0 Å². The molecule has 0 aromatic carbocycles. The molecule has 0 spiro atoms. The number of nitrogens with zero attached hydrogens (tertiary/aromatic N) is 3. The number of aromatic nitrogens is 4. The van der Waals surface area contributed by atoms with Crippen LogP contribution in [0.4, 0.5) is 5.13 Å². The summed E-state index contributed by atoms with van der Waals surface area (Å²) < 4.78 is 2.45. The van der Waals surface area contributed by atoms with Crippen LogP contribution in [0.1, 0.15) is 44.2 Å². The molecule has 0 saturated heterocycles. The van der Waals surface area contributed by atoms with Crippen molar-refractivity contribution in [2.24, 2.45) is 23.2 Å². The van der Waals surface area contributed by atoms with E-state index in [-0.39, 0.29) is 11.3 Å². The molecule has 2 N–H and O–H groups in total. The predicted octanol–water partition coefficient (Wildman–Crippen LogP) is 4.71. The molecule has 148 valence electrons. The van der Waals surface area contributed by atoms with Crippen LogP contribution in [0.5, 0.6) is 0 Å². The lowest BCUT2D eigenvalue weighted by Crippen LogP contribution is -2.51. The van der Waals surface area contributed by atoms with E-state index in [1.54, 1.807) is 6.08 Å². The lowest BCUT2D eigenvalue weighted by Gasteiger charge is -2.55. The molecule has 0 atom stereocenters. The number of anilines is 1. The van der Waals surface area contributed by atoms with Crippen LogP contribution >= 0.6 is 23.6 Å². The van der Waals surface area contributed by atoms with Gasteiger partial charge in [0, 0.05) is 6.54 Å². The molecule has 2 aromatic heterocycles. The Balaban J connectivity index is 1.40. The van der Waals surface area contributed by atoms with Gasteiger partial charge < -0.3 is 5.32 Å². The molecular weight excluding hydrogens is 390 g/mol. The van der Waals surface area contributed by atoms with Gasteiger partial charge in [-0.2, -0.15) is 5.10 Å². The first-order valence-corrected chi connectivity index (χ1v) is 11.3. The number of carbonyl (C=O) groups is 1. The van der Waals surface area contributed by atoms with E-state index in [2.05, 4.69) is 27.1 Å². The van der Waals surface area contributed by atoms with E-state index in [4.69, 9.17) is 12.2 Å². The van der Waals surface area contributed by atoms with Crippen molar-refractivity contribution >= 4 is 34.6 Å². The predicted molar refractivity (Wildman–Crippen MR) is 113 cm³/mol. The summed E-state index contributed by atoms with van der Waals surface area (Å²) in [6, 6.07) is 0. The molecule has 28 heavy (non-hydrogen) atoms. The van der Waals surface area contributed by atoms with Crippen LogP contribution in [-0.2, 0) is 11.3 Å². The van der Waals surface area contributed by atoms with Crippen molar-refractivity contribution in [2.45, 2.75) is 52.0 Å². The number of aryl methyl sites for hydroxylation is 1. The van der Waals surface area contributed by atoms with Crippen LogP contribution in [0.2, 0.25) is 0 Å². The van der Waals surface area contributed by atoms with Crippen LogP contribution < -0.4 is 5.32 Å². The van der Waals surface area contributed by atoms with E-state index in [1.807, 2.05) is 11.5 Å². The molecule has 8 heteroatoms. The zero-order valence-electron chi connectivity index (χ0n) is 16.0. The van der Waals surface area contributed by atoms with Gasteiger partial charge in [0.1, 0.15) is 0 Å². The average Bonchev–Trinajstić information content (AvgIpc) is 3.17. The van der Waals surface area contributed by atoms with Gasteiger partial charge in [0.2, 0.25) is 5.91 Å². The smallest absolute Gasteiger partial charge is 0.232 e. The number of H-pyrrole nitrogens is 1. The maximum Gasteiger partial charge on any atom is 0.232 e. The molecule has 4 saturated carbocycles. The van der Waals surface area contributed by atoms with Crippen molar-refractivity contribution in [3.8, 4) is 10.7 Å². The minimum Gasteiger partial charge on any atom is -0.301 e. The van der Waals surface area contributed by atoms with Crippen LogP contribution in [0, 0.1) is 34.9 Å². The molecule has 2 aromatic rings. The summed E-state index contributed by atoms with van der Waals surface area (Å²) in [5.41, 5.74) is 0.683. The third kappa shape index (κ3) is 2.88. The summed E-state index contributed by atoms with van der Waals surface area (Å²) in [6.45, 7) is 6.32. The minimum atomic E-state index is -0.169. The van der Waals surface area contributed by atoms with Crippen molar-refractivity contribution < 1.29 is 4.79 Å². The molecule has 6 nitrogen and oxygen atoms in total. The molecule has 0 radical (unpaired) electrons. The average molecular weight is 416 g/mol. The Morgan fingerprint density at radius 3 is 2.61 bits per heavy atom. The Bertz CT molecular complexity index is 965. The Labute approximate surface area is 173 Å². The molecule has 4 bridgehead atoms. The number of hydrogen-bond acceptors (Lipinski definition) is 5. The van der Waals surface area contributed by atoms with Gasteiger partial charge in [-0.15, -0.1) is 6.58 Å². The van der Waals surface area contributed by atoms with Gasteiger partial charge in [-0.05, 0) is 75.4 Å². The van der Waals surface area contributed by atoms with Crippen LogP contribution in [0.15, 0.2) is 12.7 Å². The molecule has 2 heterocycles. The first-order chi connectivity index (χ1) is 13.5. The van der Waals surface area contributed by atoms with Gasteiger partial charge in [-0.25, -0.2) is 4.98 Å². The number of rotatable bonds is 5.